The second kappa shape index (κ2) is 7.20. The van der Waals surface area contributed by atoms with Crippen molar-refractivity contribution in [3.8, 4) is 0 Å². The molecule has 1 aliphatic heterocycles. The molecule has 0 aromatic heterocycles. The van der Waals surface area contributed by atoms with Crippen LogP contribution >= 0.6 is 12.2 Å². The maximum Gasteiger partial charge on any atom is 0.222 e. The van der Waals surface area contributed by atoms with Crippen LogP contribution in [0.4, 0.5) is 0 Å². The summed E-state index contributed by atoms with van der Waals surface area (Å²) in [5, 5.41) is 0. The molecule has 0 radical (unpaired) electrons. The smallest absolute Gasteiger partial charge is 0.222 e. The molecule has 0 spiro atoms. The zero-order chi connectivity index (χ0) is 14.5. The number of nitrogens with zero attached hydrogens (tertiary/aromatic N) is 2. The molecule has 4 nitrogen and oxygen atoms in total. The molecule has 1 amide bonds. The highest BCUT2D eigenvalue weighted by Crippen LogP contribution is 2.18. The number of carbonyl (C=O) groups is 1. The van der Waals surface area contributed by atoms with Crippen molar-refractivity contribution in [3.05, 3.63) is 0 Å². The Morgan fingerprint density at radius 1 is 1.21 bits per heavy atom. The number of carbonyl (C=O) groups excluding carboxylic acids is 1. The monoisotopic (exact) mass is 285 g/mol. The van der Waals surface area contributed by atoms with E-state index >= 15 is 0 Å². The number of nitrogens with two attached hydrogens (primary N) is 1. The molecule has 1 fully saturated rings. The Balaban J connectivity index is 2.40. The minimum atomic E-state index is -0.257. The lowest BCUT2D eigenvalue weighted by Gasteiger charge is -2.43. The van der Waals surface area contributed by atoms with Gasteiger partial charge in [-0.25, -0.2) is 0 Å². The summed E-state index contributed by atoms with van der Waals surface area (Å²) < 4.78 is 0. The average molecular weight is 285 g/mol. The van der Waals surface area contributed by atoms with Gasteiger partial charge in [0.05, 0.1) is 10.5 Å². The average Bonchev–Trinajstić information content (AvgIpc) is 2.39. The zero-order valence-electron chi connectivity index (χ0n) is 12.4. The van der Waals surface area contributed by atoms with Gasteiger partial charge < -0.3 is 10.6 Å². The largest absolute Gasteiger partial charge is 0.392 e. The summed E-state index contributed by atoms with van der Waals surface area (Å²) in [6.45, 7) is 9.53. The Morgan fingerprint density at radius 2 is 1.79 bits per heavy atom. The van der Waals surface area contributed by atoms with Crippen LogP contribution in [-0.4, -0.2) is 52.4 Å². The highest BCUT2D eigenvalue weighted by atomic mass is 32.1. The van der Waals surface area contributed by atoms with Crippen LogP contribution in [0.2, 0.25) is 0 Å². The zero-order valence-corrected chi connectivity index (χ0v) is 13.3. The summed E-state index contributed by atoms with van der Waals surface area (Å²) in [4.78, 5) is 16.8. The van der Waals surface area contributed by atoms with E-state index in [1.165, 1.54) is 0 Å². The molecule has 2 N–H and O–H groups in total. The van der Waals surface area contributed by atoms with E-state index in [9.17, 15) is 4.79 Å². The van der Waals surface area contributed by atoms with Gasteiger partial charge in [-0.05, 0) is 20.3 Å². The SMILES string of the molecule is CCCCCC(=O)N1CCN(C(C)(C)C(N)=S)CC1. The summed E-state index contributed by atoms with van der Waals surface area (Å²) in [5.74, 6) is 0.293. The van der Waals surface area contributed by atoms with Gasteiger partial charge in [-0.2, -0.15) is 0 Å². The number of unbranched alkanes of at least 4 members (excludes halogenated alkanes) is 2. The van der Waals surface area contributed by atoms with E-state index in [4.69, 9.17) is 18.0 Å². The number of thiocarbonyl (C=S) groups is 1. The van der Waals surface area contributed by atoms with Crippen molar-refractivity contribution in [2.24, 2.45) is 5.73 Å². The van der Waals surface area contributed by atoms with E-state index in [1.807, 2.05) is 18.7 Å². The molecule has 0 aromatic rings. The van der Waals surface area contributed by atoms with Gasteiger partial charge in [-0.15, -0.1) is 0 Å². The maximum atomic E-state index is 12.0. The Labute approximate surface area is 122 Å². The lowest BCUT2D eigenvalue weighted by atomic mass is 10.0. The highest BCUT2D eigenvalue weighted by molar-refractivity contribution is 7.80. The predicted octanol–water partition coefficient (Wildman–Crippen LogP) is 1.78. The van der Waals surface area contributed by atoms with E-state index in [0.717, 1.165) is 45.4 Å². The van der Waals surface area contributed by atoms with Gasteiger partial charge in [0.25, 0.3) is 0 Å². The Hall–Kier alpha value is -0.680. The lowest BCUT2D eigenvalue weighted by molar-refractivity contribution is -0.133. The van der Waals surface area contributed by atoms with Gasteiger partial charge in [0.1, 0.15) is 0 Å². The molecule has 0 aromatic carbocycles. The van der Waals surface area contributed by atoms with E-state index in [1.54, 1.807) is 0 Å². The molecule has 1 rings (SSSR count). The molecule has 0 unspecified atom stereocenters. The molecule has 1 saturated heterocycles. The summed E-state index contributed by atoms with van der Waals surface area (Å²) in [7, 11) is 0. The normalized spacial score (nSPS) is 17.5. The maximum absolute atomic E-state index is 12.0. The van der Waals surface area contributed by atoms with Crippen LogP contribution in [-0.2, 0) is 4.79 Å². The summed E-state index contributed by atoms with van der Waals surface area (Å²) in [6, 6.07) is 0. The second-order valence-electron chi connectivity index (χ2n) is 5.75. The first-order valence-corrected chi connectivity index (χ1v) is 7.63. The van der Waals surface area contributed by atoms with Gasteiger partial charge >= 0.3 is 0 Å². The second-order valence-corrected chi connectivity index (χ2v) is 6.19. The van der Waals surface area contributed by atoms with Gasteiger partial charge in [0.15, 0.2) is 0 Å². The van der Waals surface area contributed by atoms with Crippen LogP contribution in [0.3, 0.4) is 0 Å². The highest BCUT2D eigenvalue weighted by Gasteiger charge is 2.33. The van der Waals surface area contributed by atoms with Crippen molar-refractivity contribution in [2.75, 3.05) is 26.2 Å². The van der Waals surface area contributed by atoms with Crippen LogP contribution in [0.25, 0.3) is 0 Å². The van der Waals surface area contributed by atoms with Crippen LogP contribution in [0, 0.1) is 0 Å². The number of hydrogen-bond acceptors (Lipinski definition) is 3. The Morgan fingerprint density at radius 3 is 2.26 bits per heavy atom. The fourth-order valence-corrected chi connectivity index (χ4v) is 2.48. The van der Waals surface area contributed by atoms with Gasteiger partial charge in [0, 0.05) is 32.6 Å². The standard InChI is InChI=1S/C14H27N3OS/c1-4-5-6-7-12(18)16-8-10-17(11-9-16)14(2,3)13(15)19/h4-11H2,1-3H3,(H2,15,19). The molecule has 1 aliphatic rings. The van der Waals surface area contributed by atoms with Crippen molar-refractivity contribution >= 4 is 23.1 Å². The minimum Gasteiger partial charge on any atom is -0.392 e. The van der Waals surface area contributed by atoms with E-state index in [0.29, 0.717) is 17.3 Å². The molecule has 19 heavy (non-hydrogen) atoms. The third-order valence-corrected chi connectivity index (χ3v) is 4.52. The molecule has 5 heteroatoms. The number of rotatable bonds is 6. The van der Waals surface area contributed by atoms with Crippen molar-refractivity contribution in [1.82, 2.24) is 9.80 Å². The van der Waals surface area contributed by atoms with Gasteiger partial charge in [-0.1, -0.05) is 32.0 Å². The summed E-state index contributed by atoms with van der Waals surface area (Å²) >= 11 is 5.12. The first-order valence-electron chi connectivity index (χ1n) is 7.22. The number of amides is 1. The first kappa shape index (κ1) is 16.4. The fourth-order valence-electron chi connectivity index (χ4n) is 2.36. The first-order chi connectivity index (χ1) is 8.89. The van der Waals surface area contributed by atoms with Crippen LogP contribution < -0.4 is 5.73 Å². The van der Waals surface area contributed by atoms with E-state index < -0.39 is 0 Å². The van der Waals surface area contributed by atoms with Crippen molar-refractivity contribution < 1.29 is 4.79 Å². The van der Waals surface area contributed by atoms with E-state index in [-0.39, 0.29) is 5.54 Å². The van der Waals surface area contributed by atoms with Crippen LogP contribution in [0.1, 0.15) is 46.5 Å². The topological polar surface area (TPSA) is 49.6 Å². The van der Waals surface area contributed by atoms with Gasteiger partial charge in [0.2, 0.25) is 5.91 Å². The molecular formula is C14H27N3OS. The van der Waals surface area contributed by atoms with Crippen LogP contribution in [0.15, 0.2) is 0 Å². The molecule has 0 saturated carbocycles. The van der Waals surface area contributed by atoms with Crippen molar-refractivity contribution in [2.45, 2.75) is 52.0 Å². The van der Waals surface area contributed by atoms with Crippen molar-refractivity contribution in [3.63, 3.8) is 0 Å². The third-order valence-electron chi connectivity index (χ3n) is 4.02. The van der Waals surface area contributed by atoms with E-state index in [2.05, 4.69) is 11.8 Å². The molecule has 0 aliphatic carbocycles. The molecule has 110 valence electrons. The predicted molar refractivity (Wildman–Crippen MR) is 83.2 cm³/mol. The Bertz CT molecular complexity index is 323. The molecular weight excluding hydrogens is 258 g/mol. The minimum absolute atomic E-state index is 0.257. The summed E-state index contributed by atoms with van der Waals surface area (Å²) in [5.41, 5.74) is 5.53. The van der Waals surface area contributed by atoms with Crippen molar-refractivity contribution in [1.29, 1.82) is 0 Å². The summed E-state index contributed by atoms with van der Waals surface area (Å²) in [6.07, 6.45) is 3.99. The van der Waals surface area contributed by atoms with Gasteiger partial charge in [-0.3, -0.25) is 9.69 Å². The third kappa shape index (κ3) is 4.42. The molecule has 0 atom stereocenters. The lowest BCUT2D eigenvalue weighted by Crippen LogP contribution is -2.59. The Kier molecular flexibility index (Phi) is 6.20. The quantitative estimate of drug-likeness (QED) is 0.597. The molecule has 0 bridgehead atoms. The van der Waals surface area contributed by atoms with Crippen LogP contribution in [0.5, 0.6) is 0 Å². The fraction of sp³-hybridized carbons (Fsp3) is 0.857. The number of hydrogen-bond donors (Lipinski definition) is 1. The number of piperazine rings is 1. The molecule has 1 heterocycles.